The standard InChI is InChI=1S/C12H15F2NO2/c1-16-8-2-3-9(12(13)14)10(6-8)11-7-15-4-5-17-11/h2-3,6,11-12,15H,4-5,7H2,1H3. The van der Waals surface area contributed by atoms with E-state index in [4.69, 9.17) is 9.47 Å². The van der Waals surface area contributed by atoms with E-state index < -0.39 is 6.43 Å². The van der Waals surface area contributed by atoms with Crippen LogP contribution >= 0.6 is 0 Å². The van der Waals surface area contributed by atoms with Gasteiger partial charge in [0.15, 0.2) is 0 Å². The van der Waals surface area contributed by atoms with Crippen LogP contribution in [0.5, 0.6) is 5.75 Å². The minimum atomic E-state index is -2.50. The number of morpholine rings is 1. The van der Waals surface area contributed by atoms with Gasteiger partial charge in [0.2, 0.25) is 0 Å². The van der Waals surface area contributed by atoms with Gasteiger partial charge in [0.1, 0.15) is 5.75 Å². The van der Waals surface area contributed by atoms with Gasteiger partial charge in [-0.3, -0.25) is 0 Å². The number of hydrogen-bond acceptors (Lipinski definition) is 3. The molecule has 1 aliphatic heterocycles. The summed E-state index contributed by atoms with van der Waals surface area (Å²) in [6.07, 6.45) is -2.83. The van der Waals surface area contributed by atoms with Crippen LogP contribution in [0, 0.1) is 0 Å². The molecule has 0 aromatic heterocycles. The van der Waals surface area contributed by atoms with Gasteiger partial charge in [-0.25, -0.2) is 8.78 Å². The smallest absolute Gasteiger partial charge is 0.264 e. The summed E-state index contributed by atoms with van der Waals surface area (Å²) in [7, 11) is 1.52. The molecule has 1 atom stereocenters. The van der Waals surface area contributed by atoms with Crippen molar-refractivity contribution in [1.29, 1.82) is 0 Å². The summed E-state index contributed by atoms with van der Waals surface area (Å²) in [5, 5.41) is 3.13. The molecule has 1 fully saturated rings. The van der Waals surface area contributed by atoms with Crippen molar-refractivity contribution in [2.24, 2.45) is 0 Å². The van der Waals surface area contributed by atoms with Crippen LogP contribution in [0.25, 0.3) is 0 Å². The maximum absolute atomic E-state index is 12.9. The molecule has 17 heavy (non-hydrogen) atoms. The van der Waals surface area contributed by atoms with Crippen LogP contribution in [0.15, 0.2) is 18.2 Å². The number of nitrogens with one attached hydrogen (secondary N) is 1. The lowest BCUT2D eigenvalue weighted by Gasteiger charge is -2.26. The van der Waals surface area contributed by atoms with E-state index in [0.717, 1.165) is 6.54 Å². The molecule has 1 aliphatic rings. The lowest BCUT2D eigenvalue weighted by molar-refractivity contribution is 0.0245. The number of methoxy groups -OCH3 is 1. The van der Waals surface area contributed by atoms with E-state index in [-0.39, 0.29) is 11.7 Å². The van der Waals surface area contributed by atoms with Gasteiger partial charge < -0.3 is 14.8 Å². The van der Waals surface area contributed by atoms with Crippen molar-refractivity contribution in [2.45, 2.75) is 12.5 Å². The van der Waals surface area contributed by atoms with Crippen molar-refractivity contribution in [1.82, 2.24) is 5.32 Å². The van der Waals surface area contributed by atoms with Gasteiger partial charge in [-0.15, -0.1) is 0 Å². The summed E-state index contributed by atoms with van der Waals surface area (Å²) < 4.78 is 36.4. The Bertz CT molecular complexity index is 379. The molecule has 2 rings (SSSR count). The Kier molecular flexibility index (Phi) is 3.91. The Hall–Kier alpha value is -1.20. The van der Waals surface area contributed by atoms with Gasteiger partial charge in [0.05, 0.1) is 19.8 Å². The molecule has 0 aliphatic carbocycles. The SMILES string of the molecule is COc1ccc(C(F)F)c(C2CNCCO2)c1. The molecule has 3 nitrogen and oxygen atoms in total. The number of halogens is 2. The number of rotatable bonds is 3. The maximum Gasteiger partial charge on any atom is 0.264 e. The summed E-state index contributed by atoms with van der Waals surface area (Å²) in [5.41, 5.74) is 0.519. The number of alkyl halides is 2. The fraction of sp³-hybridized carbons (Fsp3) is 0.500. The second kappa shape index (κ2) is 5.42. The topological polar surface area (TPSA) is 30.5 Å². The van der Waals surface area contributed by atoms with Gasteiger partial charge in [0, 0.05) is 18.7 Å². The van der Waals surface area contributed by atoms with E-state index in [2.05, 4.69) is 5.32 Å². The molecular weight excluding hydrogens is 228 g/mol. The van der Waals surface area contributed by atoms with Crippen LogP contribution < -0.4 is 10.1 Å². The molecule has 1 unspecified atom stereocenters. The summed E-state index contributed by atoms with van der Waals surface area (Å²) in [4.78, 5) is 0. The molecule has 0 saturated carbocycles. The van der Waals surface area contributed by atoms with Crippen LogP contribution in [-0.4, -0.2) is 26.8 Å². The normalized spacial score (nSPS) is 20.6. The zero-order chi connectivity index (χ0) is 12.3. The first-order chi connectivity index (χ1) is 8.22. The molecule has 5 heteroatoms. The van der Waals surface area contributed by atoms with Crippen LogP contribution in [0.3, 0.4) is 0 Å². The number of benzene rings is 1. The van der Waals surface area contributed by atoms with Gasteiger partial charge in [0.25, 0.3) is 6.43 Å². The highest BCUT2D eigenvalue weighted by molar-refractivity contribution is 5.38. The van der Waals surface area contributed by atoms with Crippen LogP contribution in [0.1, 0.15) is 23.7 Å². The Balaban J connectivity index is 2.33. The molecule has 94 valence electrons. The average Bonchev–Trinajstić information content (AvgIpc) is 2.39. The molecule has 1 N–H and O–H groups in total. The molecule has 0 amide bonds. The highest BCUT2D eigenvalue weighted by Gasteiger charge is 2.23. The van der Waals surface area contributed by atoms with Crippen molar-refractivity contribution >= 4 is 0 Å². The van der Waals surface area contributed by atoms with Crippen molar-refractivity contribution in [3.63, 3.8) is 0 Å². The quantitative estimate of drug-likeness (QED) is 0.883. The third kappa shape index (κ3) is 2.73. The first-order valence-corrected chi connectivity index (χ1v) is 5.50. The van der Waals surface area contributed by atoms with E-state index >= 15 is 0 Å². The summed E-state index contributed by atoms with van der Waals surface area (Å²) >= 11 is 0. The number of hydrogen-bond donors (Lipinski definition) is 1. The Morgan fingerprint density at radius 3 is 2.88 bits per heavy atom. The highest BCUT2D eigenvalue weighted by Crippen LogP contribution is 2.32. The number of ether oxygens (including phenoxy) is 2. The molecule has 1 saturated heterocycles. The van der Waals surface area contributed by atoms with Crippen molar-refractivity contribution in [2.75, 3.05) is 26.8 Å². The lowest BCUT2D eigenvalue weighted by Crippen LogP contribution is -2.33. The van der Waals surface area contributed by atoms with Crippen LogP contribution in [0.4, 0.5) is 8.78 Å². The van der Waals surface area contributed by atoms with Crippen molar-refractivity contribution in [3.05, 3.63) is 29.3 Å². The van der Waals surface area contributed by atoms with E-state index in [1.54, 1.807) is 12.1 Å². The third-order valence-corrected chi connectivity index (χ3v) is 2.80. The Labute approximate surface area is 98.7 Å². The second-order valence-electron chi connectivity index (χ2n) is 3.86. The highest BCUT2D eigenvalue weighted by atomic mass is 19.3. The van der Waals surface area contributed by atoms with Gasteiger partial charge in [-0.05, 0) is 23.8 Å². The van der Waals surface area contributed by atoms with Gasteiger partial charge >= 0.3 is 0 Å². The summed E-state index contributed by atoms with van der Waals surface area (Å²) in [6, 6.07) is 4.57. The summed E-state index contributed by atoms with van der Waals surface area (Å²) in [5.74, 6) is 0.568. The predicted octanol–water partition coefficient (Wildman–Crippen LogP) is 2.29. The zero-order valence-electron chi connectivity index (χ0n) is 9.58. The Morgan fingerprint density at radius 1 is 1.47 bits per heavy atom. The Morgan fingerprint density at radius 2 is 2.29 bits per heavy atom. The molecule has 0 radical (unpaired) electrons. The largest absolute Gasteiger partial charge is 0.497 e. The predicted molar refractivity (Wildman–Crippen MR) is 59.5 cm³/mol. The van der Waals surface area contributed by atoms with E-state index in [1.807, 2.05) is 0 Å². The fourth-order valence-corrected chi connectivity index (χ4v) is 1.92. The van der Waals surface area contributed by atoms with E-state index in [1.165, 1.54) is 13.2 Å². The molecule has 0 bridgehead atoms. The van der Waals surface area contributed by atoms with Crippen molar-refractivity contribution < 1.29 is 18.3 Å². The fourth-order valence-electron chi connectivity index (χ4n) is 1.92. The van der Waals surface area contributed by atoms with E-state index in [9.17, 15) is 8.78 Å². The first kappa shape index (κ1) is 12.3. The lowest BCUT2D eigenvalue weighted by atomic mass is 10.0. The zero-order valence-corrected chi connectivity index (χ0v) is 9.58. The third-order valence-electron chi connectivity index (χ3n) is 2.80. The molecule has 1 heterocycles. The molecule has 1 aromatic carbocycles. The maximum atomic E-state index is 12.9. The molecule has 0 spiro atoms. The molecular formula is C12H15F2NO2. The van der Waals surface area contributed by atoms with E-state index in [0.29, 0.717) is 24.5 Å². The average molecular weight is 243 g/mol. The van der Waals surface area contributed by atoms with Gasteiger partial charge in [-0.1, -0.05) is 0 Å². The first-order valence-electron chi connectivity index (χ1n) is 5.50. The minimum Gasteiger partial charge on any atom is -0.497 e. The monoisotopic (exact) mass is 243 g/mol. The van der Waals surface area contributed by atoms with Crippen molar-refractivity contribution in [3.8, 4) is 5.75 Å². The minimum absolute atomic E-state index is 0.0134. The summed E-state index contributed by atoms with van der Waals surface area (Å²) in [6.45, 7) is 1.84. The second-order valence-corrected chi connectivity index (χ2v) is 3.86. The van der Waals surface area contributed by atoms with Gasteiger partial charge in [-0.2, -0.15) is 0 Å². The molecule has 1 aromatic rings. The van der Waals surface area contributed by atoms with Crippen LogP contribution in [-0.2, 0) is 4.74 Å². The van der Waals surface area contributed by atoms with Crippen LogP contribution in [0.2, 0.25) is 0 Å².